The maximum absolute atomic E-state index is 9.88. The van der Waals surface area contributed by atoms with Gasteiger partial charge in [0.2, 0.25) is 0 Å². The van der Waals surface area contributed by atoms with Crippen LogP contribution in [-0.4, -0.2) is 5.11 Å². The van der Waals surface area contributed by atoms with E-state index < -0.39 is 0 Å². The van der Waals surface area contributed by atoms with Crippen molar-refractivity contribution in [1.29, 1.82) is 0 Å². The fraction of sp³-hybridized carbons (Fsp3) is 0.100. The predicted molar refractivity (Wildman–Crippen MR) is 86.7 cm³/mol. The number of aromatic hydroxyl groups is 1. The maximum atomic E-state index is 9.88. The highest BCUT2D eigenvalue weighted by atomic mass is 16.3. The second-order valence-electron chi connectivity index (χ2n) is 5.30. The summed E-state index contributed by atoms with van der Waals surface area (Å²) in [6.07, 6.45) is 0. The molecular weight excluding hydrogens is 256 g/mol. The highest BCUT2D eigenvalue weighted by Crippen LogP contribution is 2.35. The van der Waals surface area contributed by atoms with Crippen molar-refractivity contribution in [2.24, 2.45) is 0 Å². The molecular formula is C20H18O. The molecule has 3 rings (SSSR count). The fourth-order valence-electron chi connectivity index (χ4n) is 2.78. The van der Waals surface area contributed by atoms with Crippen molar-refractivity contribution in [1.82, 2.24) is 0 Å². The van der Waals surface area contributed by atoms with E-state index >= 15 is 0 Å². The zero-order valence-electron chi connectivity index (χ0n) is 12.0. The molecule has 0 bridgehead atoms. The van der Waals surface area contributed by atoms with Crippen LogP contribution in [0.1, 0.15) is 28.2 Å². The smallest absolute Gasteiger partial charge is 0.115 e. The van der Waals surface area contributed by atoms with E-state index in [9.17, 15) is 5.11 Å². The molecule has 0 atom stereocenters. The SMILES string of the molecule is Cc1ccc(O)cc1C(c1ccccc1)c1ccccc1. The van der Waals surface area contributed by atoms with E-state index in [2.05, 4.69) is 55.5 Å². The summed E-state index contributed by atoms with van der Waals surface area (Å²) >= 11 is 0. The van der Waals surface area contributed by atoms with Crippen molar-refractivity contribution in [2.75, 3.05) is 0 Å². The zero-order chi connectivity index (χ0) is 14.7. The van der Waals surface area contributed by atoms with Crippen LogP contribution >= 0.6 is 0 Å². The van der Waals surface area contributed by atoms with Gasteiger partial charge in [-0.05, 0) is 41.3 Å². The second kappa shape index (κ2) is 5.84. The average molecular weight is 274 g/mol. The number of hydrogen-bond acceptors (Lipinski definition) is 1. The summed E-state index contributed by atoms with van der Waals surface area (Å²) in [5.74, 6) is 0.451. The van der Waals surface area contributed by atoms with Crippen LogP contribution in [-0.2, 0) is 0 Å². The molecule has 0 saturated carbocycles. The summed E-state index contributed by atoms with van der Waals surface area (Å²) in [5.41, 5.74) is 4.80. The number of rotatable bonds is 3. The predicted octanol–water partition coefficient (Wildman–Crippen LogP) is 4.88. The molecule has 0 spiro atoms. The van der Waals surface area contributed by atoms with Gasteiger partial charge in [-0.1, -0.05) is 66.7 Å². The number of phenolic OH excluding ortho intramolecular Hbond substituents is 1. The van der Waals surface area contributed by atoms with Crippen LogP contribution in [0.5, 0.6) is 5.75 Å². The first-order valence-corrected chi connectivity index (χ1v) is 7.15. The molecule has 0 saturated heterocycles. The number of hydrogen-bond donors (Lipinski definition) is 1. The number of phenols is 1. The molecule has 104 valence electrons. The average Bonchev–Trinajstić information content (AvgIpc) is 2.53. The van der Waals surface area contributed by atoms with Crippen molar-refractivity contribution in [3.63, 3.8) is 0 Å². The second-order valence-corrected chi connectivity index (χ2v) is 5.30. The lowest BCUT2D eigenvalue weighted by Gasteiger charge is -2.21. The lowest BCUT2D eigenvalue weighted by atomic mass is 9.83. The van der Waals surface area contributed by atoms with Crippen molar-refractivity contribution >= 4 is 0 Å². The molecule has 1 heteroatoms. The third kappa shape index (κ3) is 2.82. The minimum Gasteiger partial charge on any atom is -0.508 e. The molecule has 0 radical (unpaired) electrons. The molecule has 0 heterocycles. The first-order valence-electron chi connectivity index (χ1n) is 7.15. The Morgan fingerprint density at radius 1 is 0.714 bits per heavy atom. The summed E-state index contributed by atoms with van der Waals surface area (Å²) < 4.78 is 0. The molecule has 0 unspecified atom stereocenters. The number of aryl methyl sites for hydroxylation is 1. The van der Waals surface area contributed by atoms with Crippen molar-refractivity contribution in [3.05, 3.63) is 101 Å². The number of benzene rings is 3. The summed E-state index contributed by atoms with van der Waals surface area (Å²) in [4.78, 5) is 0. The lowest BCUT2D eigenvalue weighted by molar-refractivity contribution is 0.474. The Labute approximate surface area is 125 Å². The van der Waals surface area contributed by atoms with Gasteiger partial charge in [-0.15, -0.1) is 0 Å². The molecule has 0 aliphatic carbocycles. The topological polar surface area (TPSA) is 20.2 Å². The summed E-state index contributed by atoms with van der Waals surface area (Å²) in [5, 5.41) is 9.88. The van der Waals surface area contributed by atoms with Gasteiger partial charge in [0, 0.05) is 5.92 Å². The Bertz CT molecular complexity index is 678. The summed E-state index contributed by atoms with van der Waals surface area (Å²) in [7, 11) is 0. The van der Waals surface area contributed by atoms with E-state index in [-0.39, 0.29) is 5.92 Å². The van der Waals surface area contributed by atoms with Crippen molar-refractivity contribution in [2.45, 2.75) is 12.8 Å². The molecule has 0 aliphatic rings. The summed E-state index contributed by atoms with van der Waals surface area (Å²) in [6.45, 7) is 2.09. The quantitative estimate of drug-likeness (QED) is 0.675. The molecule has 21 heavy (non-hydrogen) atoms. The first kappa shape index (κ1) is 13.4. The van der Waals surface area contributed by atoms with E-state index in [1.807, 2.05) is 24.3 Å². The maximum Gasteiger partial charge on any atom is 0.115 e. The highest BCUT2D eigenvalue weighted by molar-refractivity contribution is 5.48. The van der Waals surface area contributed by atoms with E-state index in [0.717, 1.165) is 5.56 Å². The van der Waals surface area contributed by atoms with Crippen molar-refractivity contribution < 1.29 is 5.11 Å². The van der Waals surface area contributed by atoms with Gasteiger partial charge in [0.25, 0.3) is 0 Å². The Morgan fingerprint density at radius 2 is 1.24 bits per heavy atom. The van der Waals surface area contributed by atoms with Crippen LogP contribution < -0.4 is 0 Å². The van der Waals surface area contributed by atoms with Gasteiger partial charge in [-0.2, -0.15) is 0 Å². The minimum atomic E-state index is 0.138. The van der Waals surface area contributed by atoms with Crippen LogP contribution in [0.15, 0.2) is 78.9 Å². The zero-order valence-corrected chi connectivity index (χ0v) is 12.0. The van der Waals surface area contributed by atoms with Crippen LogP contribution in [0.2, 0.25) is 0 Å². The van der Waals surface area contributed by atoms with Gasteiger partial charge in [0.05, 0.1) is 0 Å². The van der Waals surface area contributed by atoms with E-state index in [1.54, 1.807) is 6.07 Å². The monoisotopic (exact) mass is 274 g/mol. The van der Waals surface area contributed by atoms with Crippen LogP contribution in [0, 0.1) is 6.92 Å². The molecule has 0 fully saturated rings. The molecule has 1 nitrogen and oxygen atoms in total. The van der Waals surface area contributed by atoms with Gasteiger partial charge >= 0.3 is 0 Å². The third-order valence-corrected chi connectivity index (χ3v) is 3.84. The molecule has 0 aromatic heterocycles. The minimum absolute atomic E-state index is 0.138. The Morgan fingerprint density at radius 3 is 1.76 bits per heavy atom. The van der Waals surface area contributed by atoms with Gasteiger partial charge in [-0.3, -0.25) is 0 Å². The Balaban J connectivity index is 2.20. The highest BCUT2D eigenvalue weighted by Gasteiger charge is 2.18. The standard InChI is InChI=1S/C20H18O/c1-15-12-13-18(21)14-19(15)20(16-8-4-2-5-9-16)17-10-6-3-7-11-17/h2-14,20-21H,1H3. The van der Waals surface area contributed by atoms with Crippen LogP contribution in [0.25, 0.3) is 0 Å². The first-order chi connectivity index (χ1) is 10.3. The summed E-state index contributed by atoms with van der Waals surface area (Å²) in [6, 6.07) is 26.4. The van der Waals surface area contributed by atoms with Crippen LogP contribution in [0.4, 0.5) is 0 Å². The molecule has 1 N–H and O–H groups in total. The Hall–Kier alpha value is -2.54. The van der Waals surface area contributed by atoms with E-state index in [1.165, 1.54) is 16.7 Å². The van der Waals surface area contributed by atoms with Crippen molar-refractivity contribution in [3.8, 4) is 5.75 Å². The molecule has 3 aromatic rings. The van der Waals surface area contributed by atoms with Gasteiger partial charge < -0.3 is 5.11 Å². The third-order valence-electron chi connectivity index (χ3n) is 3.84. The molecule has 0 aliphatic heterocycles. The lowest BCUT2D eigenvalue weighted by Crippen LogP contribution is -2.05. The van der Waals surface area contributed by atoms with Gasteiger partial charge in [0.1, 0.15) is 5.75 Å². The largest absolute Gasteiger partial charge is 0.508 e. The Kier molecular flexibility index (Phi) is 3.74. The normalized spacial score (nSPS) is 10.8. The van der Waals surface area contributed by atoms with E-state index in [0.29, 0.717) is 5.75 Å². The van der Waals surface area contributed by atoms with Gasteiger partial charge in [0.15, 0.2) is 0 Å². The van der Waals surface area contributed by atoms with Gasteiger partial charge in [-0.25, -0.2) is 0 Å². The molecule has 0 amide bonds. The van der Waals surface area contributed by atoms with E-state index in [4.69, 9.17) is 0 Å². The molecule has 3 aromatic carbocycles. The fourth-order valence-corrected chi connectivity index (χ4v) is 2.78. The van der Waals surface area contributed by atoms with Crippen LogP contribution in [0.3, 0.4) is 0 Å².